The maximum atomic E-state index is 12.8. The Labute approximate surface area is 214 Å². The molecule has 11 heteroatoms. The van der Waals surface area contributed by atoms with Crippen molar-refractivity contribution in [1.29, 1.82) is 0 Å². The van der Waals surface area contributed by atoms with Crippen molar-refractivity contribution in [3.8, 4) is 11.5 Å². The van der Waals surface area contributed by atoms with Gasteiger partial charge in [0.15, 0.2) is 11.5 Å². The molecule has 3 rings (SSSR count). The molecular weight excluding hydrogens is 502 g/mol. The van der Waals surface area contributed by atoms with Gasteiger partial charge in [-0.3, -0.25) is 9.59 Å². The number of hydrogen-bond acceptors (Lipinski definition) is 7. The topological polar surface area (TPSA) is 137 Å². The number of thioether (sulfide) groups is 1. The van der Waals surface area contributed by atoms with Gasteiger partial charge in [0.05, 0.1) is 24.4 Å². The Bertz CT molecular complexity index is 1340. The van der Waals surface area contributed by atoms with Crippen molar-refractivity contribution in [1.82, 2.24) is 0 Å². The number of primary sulfonamides is 1. The fourth-order valence-electron chi connectivity index (χ4n) is 3.27. The predicted molar refractivity (Wildman–Crippen MR) is 140 cm³/mol. The molecule has 1 atom stereocenters. The minimum absolute atomic E-state index is 0.0335. The molecule has 0 heterocycles. The minimum atomic E-state index is -3.81. The van der Waals surface area contributed by atoms with Crippen molar-refractivity contribution >= 4 is 45.0 Å². The Balaban J connectivity index is 1.67. The average molecular weight is 530 g/mol. The third kappa shape index (κ3) is 7.00. The smallest absolute Gasteiger partial charge is 0.255 e. The molecule has 3 aromatic carbocycles. The predicted octanol–water partition coefficient (Wildman–Crippen LogP) is 4.11. The summed E-state index contributed by atoms with van der Waals surface area (Å²) >= 11 is 1.36. The van der Waals surface area contributed by atoms with E-state index in [-0.39, 0.29) is 16.7 Å². The molecule has 36 heavy (non-hydrogen) atoms. The Morgan fingerprint density at radius 2 is 1.61 bits per heavy atom. The van der Waals surface area contributed by atoms with Crippen molar-refractivity contribution in [3.63, 3.8) is 0 Å². The van der Waals surface area contributed by atoms with Gasteiger partial charge in [-0.2, -0.15) is 0 Å². The van der Waals surface area contributed by atoms with Crippen molar-refractivity contribution in [2.24, 2.45) is 5.14 Å². The Hall–Kier alpha value is -3.54. The number of anilines is 2. The molecule has 0 radical (unpaired) electrons. The highest BCUT2D eigenvalue weighted by atomic mass is 32.2. The van der Waals surface area contributed by atoms with Crippen LogP contribution in [0.3, 0.4) is 0 Å². The van der Waals surface area contributed by atoms with Gasteiger partial charge in [-0.15, -0.1) is 11.8 Å². The van der Waals surface area contributed by atoms with Gasteiger partial charge in [-0.25, -0.2) is 13.6 Å². The fourth-order valence-corrected chi connectivity index (χ4v) is 4.79. The molecule has 0 saturated carbocycles. The number of nitrogens with two attached hydrogens (primary N) is 1. The van der Waals surface area contributed by atoms with Crippen LogP contribution >= 0.6 is 11.8 Å². The molecule has 4 N–H and O–H groups in total. The normalized spacial score (nSPS) is 11.9. The molecule has 0 bridgehead atoms. The van der Waals surface area contributed by atoms with Crippen LogP contribution in [0.25, 0.3) is 0 Å². The zero-order valence-corrected chi connectivity index (χ0v) is 21.6. The molecule has 0 aromatic heterocycles. The van der Waals surface area contributed by atoms with Gasteiger partial charge in [0.1, 0.15) is 0 Å². The van der Waals surface area contributed by atoms with E-state index < -0.39 is 15.3 Å². The van der Waals surface area contributed by atoms with Gasteiger partial charge >= 0.3 is 0 Å². The molecule has 0 spiro atoms. The maximum absolute atomic E-state index is 12.8. The number of amides is 2. The number of methoxy groups -OCH3 is 2. The highest BCUT2D eigenvalue weighted by Crippen LogP contribution is 2.30. The highest BCUT2D eigenvalue weighted by molar-refractivity contribution is 8.00. The number of nitrogens with one attached hydrogen (secondary N) is 2. The number of sulfonamides is 1. The van der Waals surface area contributed by atoms with Gasteiger partial charge < -0.3 is 20.1 Å². The van der Waals surface area contributed by atoms with Crippen LogP contribution in [-0.4, -0.2) is 39.7 Å². The second-order valence-corrected chi connectivity index (χ2v) is 10.5. The lowest BCUT2D eigenvalue weighted by Crippen LogP contribution is -2.24. The molecule has 0 aliphatic carbocycles. The van der Waals surface area contributed by atoms with Gasteiger partial charge in [-0.1, -0.05) is 13.0 Å². The zero-order chi connectivity index (χ0) is 26.3. The Kier molecular flexibility index (Phi) is 8.97. The monoisotopic (exact) mass is 529 g/mol. The standard InChI is InChI=1S/C25H27N3O6S2/c1-4-23(25(30)27-17-9-11-20(12-10-17)36(26,31)32)35-19-7-5-6-18(15-19)28-24(29)16-8-13-21(33-2)22(14-16)34-3/h5-15,23H,4H2,1-3H3,(H,27,30)(H,28,29)(H2,26,31,32). The lowest BCUT2D eigenvalue weighted by atomic mass is 10.2. The van der Waals surface area contributed by atoms with E-state index in [2.05, 4.69) is 10.6 Å². The Morgan fingerprint density at radius 1 is 0.917 bits per heavy atom. The second-order valence-electron chi connectivity index (χ2n) is 7.63. The van der Waals surface area contributed by atoms with E-state index in [1.54, 1.807) is 36.4 Å². The first-order valence-electron chi connectivity index (χ1n) is 10.9. The van der Waals surface area contributed by atoms with Crippen LogP contribution in [0, 0.1) is 0 Å². The van der Waals surface area contributed by atoms with E-state index in [9.17, 15) is 18.0 Å². The third-order valence-corrected chi connectivity index (χ3v) is 7.42. The first kappa shape index (κ1) is 27.1. The molecule has 0 saturated heterocycles. The first-order chi connectivity index (χ1) is 17.1. The summed E-state index contributed by atoms with van der Waals surface area (Å²) in [5.74, 6) is 0.429. The van der Waals surface area contributed by atoms with E-state index in [0.29, 0.717) is 34.9 Å². The molecule has 190 valence electrons. The lowest BCUT2D eigenvalue weighted by Gasteiger charge is -2.16. The van der Waals surface area contributed by atoms with Crippen LogP contribution < -0.4 is 25.2 Å². The van der Waals surface area contributed by atoms with Crippen LogP contribution in [0.15, 0.2) is 76.5 Å². The van der Waals surface area contributed by atoms with Crippen LogP contribution in [0.1, 0.15) is 23.7 Å². The molecule has 0 aliphatic heterocycles. The number of rotatable bonds is 10. The van der Waals surface area contributed by atoms with E-state index >= 15 is 0 Å². The largest absolute Gasteiger partial charge is 0.493 e. The molecule has 3 aromatic rings. The molecule has 9 nitrogen and oxygen atoms in total. The highest BCUT2D eigenvalue weighted by Gasteiger charge is 2.19. The summed E-state index contributed by atoms with van der Waals surface area (Å²) in [6, 6.07) is 17.7. The summed E-state index contributed by atoms with van der Waals surface area (Å²) in [5.41, 5.74) is 1.45. The second kappa shape index (κ2) is 11.9. The first-order valence-corrected chi connectivity index (χ1v) is 13.3. The zero-order valence-electron chi connectivity index (χ0n) is 20.0. The van der Waals surface area contributed by atoms with Gasteiger partial charge in [0.25, 0.3) is 5.91 Å². The van der Waals surface area contributed by atoms with Crippen LogP contribution in [0.5, 0.6) is 11.5 Å². The summed E-state index contributed by atoms with van der Waals surface area (Å²) in [6.07, 6.45) is 0.550. The lowest BCUT2D eigenvalue weighted by molar-refractivity contribution is -0.115. The summed E-state index contributed by atoms with van der Waals surface area (Å²) in [7, 11) is -0.783. The van der Waals surface area contributed by atoms with Crippen molar-refractivity contribution < 1.29 is 27.5 Å². The average Bonchev–Trinajstić information content (AvgIpc) is 2.86. The van der Waals surface area contributed by atoms with Crippen LogP contribution in [0.4, 0.5) is 11.4 Å². The number of benzene rings is 3. The summed E-state index contributed by atoms with van der Waals surface area (Å²) in [5, 5.41) is 10.3. The quantitative estimate of drug-likeness (QED) is 0.336. The van der Waals surface area contributed by atoms with Gasteiger partial charge in [-0.05, 0) is 67.1 Å². The molecule has 0 fully saturated rings. The van der Waals surface area contributed by atoms with E-state index in [0.717, 1.165) is 4.90 Å². The third-order valence-electron chi connectivity index (χ3n) is 5.13. The SMILES string of the molecule is CCC(Sc1cccc(NC(=O)c2ccc(OC)c(OC)c2)c1)C(=O)Nc1ccc(S(N)(=O)=O)cc1. The van der Waals surface area contributed by atoms with Crippen molar-refractivity contribution in [2.75, 3.05) is 24.9 Å². The van der Waals surface area contributed by atoms with E-state index in [1.165, 1.54) is 50.2 Å². The maximum Gasteiger partial charge on any atom is 0.255 e. The summed E-state index contributed by atoms with van der Waals surface area (Å²) < 4.78 is 33.3. The molecule has 1 unspecified atom stereocenters. The van der Waals surface area contributed by atoms with E-state index in [1.807, 2.05) is 13.0 Å². The molecule has 2 amide bonds. The minimum Gasteiger partial charge on any atom is -0.493 e. The summed E-state index contributed by atoms with van der Waals surface area (Å²) in [6.45, 7) is 1.89. The van der Waals surface area contributed by atoms with Crippen LogP contribution in [0.2, 0.25) is 0 Å². The number of carbonyl (C=O) groups excluding carboxylic acids is 2. The molecular formula is C25H27N3O6S2. The number of carbonyl (C=O) groups is 2. The van der Waals surface area contributed by atoms with Crippen molar-refractivity contribution in [3.05, 3.63) is 72.3 Å². The van der Waals surface area contributed by atoms with E-state index in [4.69, 9.17) is 14.6 Å². The van der Waals surface area contributed by atoms with Gasteiger partial charge in [0, 0.05) is 21.8 Å². The van der Waals surface area contributed by atoms with Crippen LogP contribution in [-0.2, 0) is 14.8 Å². The van der Waals surface area contributed by atoms with Gasteiger partial charge in [0.2, 0.25) is 15.9 Å². The Morgan fingerprint density at radius 3 is 2.22 bits per heavy atom. The van der Waals surface area contributed by atoms with Crippen molar-refractivity contribution in [2.45, 2.75) is 28.4 Å². The fraction of sp³-hybridized carbons (Fsp3) is 0.200. The number of ether oxygens (including phenoxy) is 2. The number of hydrogen-bond donors (Lipinski definition) is 3. The summed E-state index contributed by atoms with van der Waals surface area (Å²) in [4.78, 5) is 26.3. The molecule has 0 aliphatic rings.